The van der Waals surface area contributed by atoms with Crippen molar-refractivity contribution in [1.29, 1.82) is 0 Å². The van der Waals surface area contributed by atoms with Gasteiger partial charge in [-0.05, 0) is 34.1 Å². The Morgan fingerprint density at radius 2 is 1.95 bits per heavy atom. The third-order valence-electron chi connectivity index (χ3n) is 2.58. The highest BCUT2D eigenvalue weighted by molar-refractivity contribution is 9.10. The largest absolute Gasteiger partial charge is 0.486 e. The van der Waals surface area contributed by atoms with E-state index >= 15 is 0 Å². The predicted molar refractivity (Wildman–Crippen MR) is 81.9 cm³/mol. The summed E-state index contributed by atoms with van der Waals surface area (Å²) in [6.45, 7) is 0.0996. The van der Waals surface area contributed by atoms with E-state index in [1.807, 2.05) is 0 Å². The normalized spacial score (nSPS) is 10.3. The van der Waals surface area contributed by atoms with Crippen LogP contribution >= 0.6 is 39.1 Å². The number of carboxylic acids is 1. The van der Waals surface area contributed by atoms with Crippen LogP contribution in [-0.2, 0) is 6.61 Å². The Morgan fingerprint density at radius 1 is 1.25 bits per heavy atom. The molecule has 0 spiro atoms. The van der Waals surface area contributed by atoms with E-state index in [1.54, 1.807) is 30.3 Å². The van der Waals surface area contributed by atoms with Crippen molar-refractivity contribution >= 4 is 45.1 Å². The SMILES string of the molecule is O=C(O)c1ccccc1COc1c(Cl)cc(Cl)cc1Br. The molecule has 0 fully saturated rings. The second-order valence-corrected chi connectivity index (χ2v) is 5.65. The molecule has 0 bridgehead atoms. The van der Waals surface area contributed by atoms with Crippen molar-refractivity contribution in [1.82, 2.24) is 0 Å². The molecule has 3 nitrogen and oxygen atoms in total. The summed E-state index contributed by atoms with van der Waals surface area (Å²) in [6.07, 6.45) is 0. The van der Waals surface area contributed by atoms with E-state index < -0.39 is 5.97 Å². The second-order valence-electron chi connectivity index (χ2n) is 3.95. The number of rotatable bonds is 4. The molecule has 2 aromatic carbocycles. The molecule has 2 aromatic rings. The van der Waals surface area contributed by atoms with Crippen LogP contribution in [0.2, 0.25) is 10.0 Å². The van der Waals surface area contributed by atoms with Crippen LogP contribution in [0.4, 0.5) is 0 Å². The molecule has 0 saturated heterocycles. The first kappa shape index (κ1) is 15.2. The minimum atomic E-state index is -0.995. The van der Waals surface area contributed by atoms with Crippen LogP contribution in [0.1, 0.15) is 15.9 Å². The van der Waals surface area contributed by atoms with Gasteiger partial charge < -0.3 is 9.84 Å². The highest BCUT2D eigenvalue weighted by Gasteiger charge is 2.12. The van der Waals surface area contributed by atoms with Crippen molar-refractivity contribution in [3.05, 3.63) is 62.0 Å². The van der Waals surface area contributed by atoms with E-state index in [1.165, 1.54) is 6.07 Å². The molecule has 104 valence electrons. The number of ether oxygens (including phenoxy) is 1. The smallest absolute Gasteiger partial charge is 0.336 e. The van der Waals surface area contributed by atoms with Crippen LogP contribution < -0.4 is 4.74 Å². The minimum Gasteiger partial charge on any atom is -0.486 e. The summed E-state index contributed by atoms with van der Waals surface area (Å²) in [5, 5.41) is 9.94. The Labute approximate surface area is 134 Å². The third kappa shape index (κ3) is 3.45. The average molecular weight is 376 g/mol. The van der Waals surface area contributed by atoms with E-state index in [0.29, 0.717) is 25.8 Å². The lowest BCUT2D eigenvalue weighted by Crippen LogP contribution is -2.05. The molecule has 6 heteroatoms. The lowest BCUT2D eigenvalue weighted by Gasteiger charge is -2.12. The van der Waals surface area contributed by atoms with E-state index in [9.17, 15) is 4.79 Å². The fourth-order valence-corrected chi connectivity index (χ4v) is 3.04. The molecule has 0 aliphatic heterocycles. The zero-order valence-corrected chi connectivity index (χ0v) is 13.2. The quantitative estimate of drug-likeness (QED) is 0.814. The van der Waals surface area contributed by atoms with Gasteiger partial charge in [-0.3, -0.25) is 0 Å². The Hall–Kier alpha value is -1.23. The van der Waals surface area contributed by atoms with Crippen LogP contribution in [-0.4, -0.2) is 11.1 Å². The summed E-state index contributed by atoms with van der Waals surface area (Å²) in [4.78, 5) is 11.1. The van der Waals surface area contributed by atoms with Crippen molar-refractivity contribution in [3.63, 3.8) is 0 Å². The van der Waals surface area contributed by atoms with Crippen molar-refractivity contribution in [2.45, 2.75) is 6.61 Å². The van der Waals surface area contributed by atoms with Gasteiger partial charge in [-0.1, -0.05) is 41.4 Å². The molecule has 0 heterocycles. The summed E-state index contributed by atoms with van der Waals surface area (Å²) < 4.78 is 6.21. The van der Waals surface area contributed by atoms with Gasteiger partial charge in [-0.2, -0.15) is 0 Å². The maximum atomic E-state index is 11.1. The standard InChI is InChI=1S/C14H9BrCl2O3/c15-11-5-9(16)6-12(17)13(11)20-7-8-3-1-2-4-10(8)14(18)19/h1-6H,7H2,(H,18,19). The van der Waals surface area contributed by atoms with E-state index in [2.05, 4.69) is 15.9 Å². The van der Waals surface area contributed by atoms with Crippen LogP contribution in [0.3, 0.4) is 0 Å². The van der Waals surface area contributed by atoms with Gasteiger partial charge in [0.05, 0.1) is 15.1 Å². The zero-order valence-electron chi connectivity index (χ0n) is 10.1. The summed E-state index contributed by atoms with van der Waals surface area (Å²) in [6, 6.07) is 9.86. The number of hydrogen-bond acceptors (Lipinski definition) is 2. The Morgan fingerprint density at radius 3 is 2.60 bits per heavy atom. The van der Waals surface area contributed by atoms with Gasteiger partial charge in [-0.25, -0.2) is 4.79 Å². The number of hydrogen-bond donors (Lipinski definition) is 1. The summed E-state index contributed by atoms with van der Waals surface area (Å²) in [5.74, 6) is -0.568. The van der Waals surface area contributed by atoms with Crippen LogP contribution in [0.25, 0.3) is 0 Å². The number of carbonyl (C=O) groups is 1. The highest BCUT2D eigenvalue weighted by atomic mass is 79.9. The molecule has 0 unspecified atom stereocenters. The second kappa shape index (κ2) is 6.48. The lowest BCUT2D eigenvalue weighted by atomic mass is 10.1. The van der Waals surface area contributed by atoms with Crippen LogP contribution in [0.5, 0.6) is 5.75 Å². The highest BCUT2D eigenvalue weighted by Crippen LogP contribution is 2.36. The first-order chi connectivity index (χ1) is 9.49. The molecule has 20 heavy (non-hydrogen) atoms. The molecule has 0 amide bonds. The van der Waals surface area contributed by atoms with Gasteiger partial charge in [0.15, 0.2) is 5.75 Å². The molecule has 2 rings (SSSR count). The number of benzene rings is 2. The fraction of sp³-hybridized carbons (Fsp3) is 0.0714. The maximum absolute atomic E-state index is 11.1. The summed E-state index contributed by atoms with van der Waals surface area (Å²) in [5.41, 5.74) is 0.770. The molecule has 0 aliphatic rings. The van der Waals surface area contributed by atoms with Crippen molar-refractivity contribution < 1.29 is 14.6 Å². The van der Waals surface area contributed by atoms with Crippen LogP contribution in [0.15, 0.2) is 40.9 Å². The Kier molecular flexibility index (Phi) is 4.91. The monoisotopic (exact) mass is 374 g/mol. The Balaban J connectivity index is 2.24. The van der Waals surface area contributed by atoms with E-state index in [0.717, 1.165) is 0 Å². The van der Waals surface area contributed by atoms with Gasteiger partial charge in [0.2, 0.25) is 0 Å². The summed E-state index contributed by atoms with van der Waals surface area (Å²) >= 11 is 15.2. The summed E-state index contributed by atoms with van der Waals surface area (Å²) in [7, 11) is 0. The molecule has 0 radical (unpaired) electrons. The van der Waals surface area contributed by atoms with Crippen LogP contribution in [0, 0.1) is 0 Å². The fourth-order valence-electron chi connectivity index (χ4n) is 1.67. The number of carboxylic acid groups (broad SMARTS) is 1. The van der Waals surface area contributed by atoms with E-state index in [4.69, 9.17) is 33.0 Å². The van der Waals surface area contributed by atoms with Gasteiger partial charge in [0, 0.05) is 10.6 Å². The molecule has 0 atom stereocenters. The molecular weight excluding hydrogens is 367 g/mol. The molecule has 1 N–H and O–H groups in total. The molecule has 0 saturated carbocycles. The van der Waals surface area contributed by atoms with E-state index in [-0.39, 0.29) is 12.2 Å². The number of aromatic carboxylic acids is 1. The van der Waals surface area contributed by atoms with Gasteiger partial charge in [0.1, 0.15) is 6.61 Å². The third-order valence-corrected chi connectivity index (χ3v) is 3.67. The zero-order chi connectivity index (χ0) is 14.7. The van der Waals surface area contributed by atoms with Crippen molar-refractivity contribution in [2.75, 3.05) is 0 Å². The average Bonchev–Trinajstić information content (AvgIpc) is 2.37. The van der Waals surface area contributed by atoms with Crippen molar-refractivity contribution in [3.8, 4) is 5.75 Å². The van der Waals surface area contributed by atoms with Gasteiger partial charge in [-0.15, -0.1) is 0 Å². The first-order valence-electron chi connectivity index (χ1n) is 5.57. The topological polar surface area (TPSA) is 46.5 Å². The maximum Gasteiger partial charge on any atom is 0.336 e. The lowest BCUT2D eigenvalue weighted by molar-refractivity contribution is 0.0694. The Bertz CT molecular complexity index is 636. The van der Waals surface area contributed by atoms with Crippen molar-refractivity contribution in [2.24, 2.45) is 0 Å². The minimum absolute atomic E-state index is 0.0996. The predicted octanol–water partition coefficient (Wildman–Crippen LogP) is 5.03. The van der Waals surface area contributed by atoms with Gasteiger partial charge in [0.25, 0.3) is 0 Å². The molecular formula is C14H9BrCl2O3. The molecule has 0 aromatic heterocycles. The van der Waals surface area contributed by atoms with Gasteiger partial charge >= 0.3 is 5.97 Å². The molecule has 0 aliphatic carbocycles. The first-order valence-corrected chi connectivity index (χ1v) is 7.12. The number of halogens is 3.